The predicted molar refractivity (Wildman–Crippen MR) is 85.0 cm³/mol. The van der Waals surface area contributed by atoms with Crippen LogP contribution in [0.25, 0.3) is 0 Å². The summed E-state index contributed by atoms with van der Waals surface area (Å²) in [5, 5.41) is 0. The van der Waals surface area contributed by atoms with Crippen LogP contribution in [0.1, 0.15) is 27.7 Å². The molecule has 0 fully saturated rings. The minimum atomic E-state index is -1.34. The van der Waals surface area contributed by atoms with Crippen LogP contribution in [0.15, 0.2) is 0 Å². The monoisotopic (exact) mass is 536 g/mol. The Kier molecular flexibility index (Phi) is 177. The molecule has 0 unspecified atom stereocenters. The maximum absolute atomic E-state index is 7.50. The van der Waals surface area contributed by atoms with E-state index in [-0.39, 0.29) is 34.1 Å². The van der Waals surface area contributed by atoms with Crippen molar-refractivity contribution >= 4 is 17.2 Å². The van der Waals surface area contributed by atoms with Crippen LogP contribution >= 0.6 is 17.2 Å². The Labute approximate surface area is 195 Å². The number of hydrogen-bond donors (Lipinski definition) is 0. The molecule has 0 spiro atoms. The van der Waals surface area contributed by atoms with Crippen molar-refractivity contribution in [2.45, 2.75) is 27.7 Å². The van der Waals surface area contributed by atoms with Crippen molar-refractivity contribution < 1.29 is 84.5 Å². The van der Waals surface area contributed by atoms with Crippen molar-refractivity contribution in [1.82, 2.24) is 0 Å². The van der Waals surface area contributed by atoms with Crippen LogP contribution in [-0.2, 0) is 84.5 Å². The van der Waals surface area contributed by atoms with Gasteiger partial charge in [-0.1, -0.05) is 0 Å². The molecule has 0 N–H and O–H groups in total. The molecule has 0 aromatic carbocycles. The summed E-state index contributed by atoms with van der Waals surface area (Å²) in [4.78, 5) is 0. The molecule has 166 valence electrons. The second-order valence-electron chi connectivity index (χ2n) is 2.20. The minimum absolute atomic E-state index is 0. The molecule has 0 saturated heterocycles. The van der Waals surface area contributed by atoms with Gasteiger partial charge in [0.05, 0.1) is 26.4 Å². The Bertz CT molecular complexity index is 277. The summed E-state index contributed by atoms with van der Waals surface area (Å²) in [6, 6.07) is 0. The van der Waals surface area contributed by atoms with Gasteiger partial charge in [-0.05, 0) is 27.7 Å². The SMILES string of the molecule is CCOP(OCC)OP(OCC)OCC.[C-]#[O+].[C-]#[O+].[C-]#[O+].[C-]#[O+].[C-]#[O+].[C-]#[O+].[Mn].[Mn]. The molecule has 0 aromatic rings. The molecule has 0 aliphatic carbocycles. The summed E-state index contributed by atoms with van der Waals surface area (Å²) in [6.45, 7) is 36.8. The van der Waals surface area contributed by atoms with E-state index in [9.17, 15) is 0 Å². The normalized spacial score (nSPS) is 6.41. The predicted octanol–water partition coefficient (Wildman–Crippen LogP) is 3.37. The van der Waals surface area contributed by atoms with Gasteiger partial charge in [-0.25, -0.2) is 4.31 Å². The van der Waals surface area contributed by atoms with Gasteiger partial charge in [-0.3, -0.25) is 0 Å². The number of hydrogen-bond acceptors (Lipinski definition) is 5. The molecule has 11 nitrogen and oxygen atoms in total. The van der Waals surface area contributed by atoms with E-state index in [0.717, 1.165) is 0 Å². The summed E-state index contributed by atoms with van der Waals surface area (Å²) in [6.07, 6.45) is 0. The molecule has 0 bridgehead atoms. The second kappa shape index (κ2) is 90.4. The van der Waals surface area contributed by atoms with E-state index in [1.807, 2.05) is 27.7 Å². The second-order valence-corrected chi connectivity index (χ2v) is 4.78. The average molecular weight is 536 g/mol. The van der Waals surface area contributed by atoms with Gasteiger partial charge in [-0.2, -0.15) is 0 Å². The van der Waals surface area contributed by atoms with Crippen molar-refractivity contribution in [2.75, 3.05) is 26.4 Å². The first-order chi connectivity index (χ1) is 13.3. The van der Waals surface area contributed by atoms with E-state index in [2.05, 4.69) is 39.9 Å². The van der Waals surface area contributed by atoms with E-state index in [1.54, 1.807) is 0 Å². The third-order valence-corrected chi connectivity index (χ3v) is 4.01. The molecule has 0 rings (SSSR count). The fourth-order valence-corrected chi connectivity index (χ4v) is 2.83. The van der Waals surface area contributed by atoms with Gasteiger partial charge < -0.3 is 18.1 Å². The van der Waals surface area contributed by atoms with Crippen LogP contribution in [0.2, 0.25) is 0 Å². The molecule has 0 saturated carbocycles. The molecular weight excluding hydrogens is 516 g/mol. The topological polar surface area (TPSA) is 166 Å². The summed E-state index contributed by atoms with van der Waals surface area (Å²) < 4.78 is 71.6. The van der Waals surface area contributed by atoms with Crippen molar-refractivity contribution in [3.8, 4) is 0 Å². The van der Waals surface area contributed by atoms with Crippen molar-refractivity contribution in [3.63, 3.8) is 0 Å². The zero-order valence-corrected chi connectivity index (χ0v) is 20.1. The van der Waals surface area contributed by atoms with Crippen molar-refractivity contribution in [1.29, 1.82) is 0 Å². The molecule has 15 heteroatoms. The molecule has 2 radical (unpaired) electrons. The first-order valence-electron chi connectivity index (χ1n) is 6.30. The van der Waals surface area contributed by atoms with Crippen LogP contribution in [0.5, 0.6) is 0 Å². The average Bonchev–Trinajstić information content (AvgIpc) is 2.77. The summed E-state index contributed by atoms with van der Waals surface area (Å²) in [7, 11) is -2.69. The van der Waals surface area contributed by atoms with Crippen LogP contribution in [0.3, 0.4) is 0 Å². The largest absolute Gasteiger partial charge is 0 e. The van der Waals surface area contributed by atoms with Crippen LogP contribution in [0, 0.1) is 39.9 Å². The van der Waals surface area contributed by atoms with Crippen LogP contribution < -0.4 is 0 Å². The molecule has 0 aromatic heterocycles. The third-order valence-electron chi connectivity index (χ3n) is 1.07. The smallest absolute Gasteiger partial charge is 0 e. The molecule has 0 aliphatic rings. The summed E-state index contributed by atoms with van der Waals surface area (Å²) >= 11 is 0. The molecule has 29 heavy (non-hydrogen) atoms. The third kappa shape index (κ3) is 73.8. The molecule has 0 heterocycles. The van der Waals surface area contributed by atoms with Gasteiger partial charge in [-0.15, -0.1) is 0 Å². The molecule has 0 amide bonds. The van der Waals surface area contributed by atoms with Gasteiger partial charge in [0, 0.05) is 34.1 Å². The van der Waals surface area contributed by atoms with E-state index in [1.165, 1.54) is 0 Å². The maximum Gasteiger partial charge on any atom is 0 e. The molecule has 0 aliphatic heterocycles. The van der Waals surface area contributed by atoms with Crippen molar-refractivity contribution in [3.05, 3.63) is 39.9 Å². The zero-order valence-electron chi connectivity index (χ0n) is 16.0. The van der Waals surface area contributed by atoms with Crippen LogP contribution in [-0.4, -0.2) is 26.4 Å². The van der Waals surface area contributed by atoms with E-state index < -0.39 is 17.2 Å². The van der Waals surface area contributed by atoms with E-state index >= 15 is 0 Å². The van der Waals surface area contributed by atoms with Gasteiger partial charge in [0.15, 0.2) is 0 Å². The minimum Gasteiger partial charge on any atom is 0 e. The van der Waals surface area contributed by atoms with Crippen molar-refractivity contribution in [2.24, 2.45) is 0 Å². The quantitative estimate of drug-likeness (QED) is 0.180. The first kappa shape index (κ1) is 56.9. The maximum atomic E-state index is 7.50. The van der Waals surface area contributed by atoms with Crippen LogP contribution in [0.4, 0.5) is 0 Å². The van der Waals surface area contributed by atoms with E-state index in [0.29, 0.717) is 26.4 Å². The Morgan fingerprint density at radius 2 is 0.586 bits per heavy atom. The zero-order chi connectivity index (χ0) is 23.5. The Morgan fingerprint density at radius 1 is 0.448 bits per heavy atom. The van der Waals surface area contributed by atoms with E-state index in [4.69, 9.17) is 50.3 Å². The Balaban J connectivity index is -0.0000000349. The summed E-state index contributed by atoms with van der Waals surface area (Å²) in [5.74, 6) is 0. The fraction of sp³-hybridized carbons (Fsp3) is 0.571. The standard InChI is InChI=1S/C8H20O5P2.6CO.2Mn/c1-5-9-14(10-6-2)13-15(11-7-3)12-8-4;6*1-2;;/h5-8H2,1-4H3;;;;;;;;. The Hall–Kier alpha value is 0.139. The molecule has 0 atom stereocenters. The molecular formula is C14H20Mn2O11P2. The van der Waals surface area contributed by atoms with Gasteiger partial charge in [0.25, 0.3) is 0 Å². The summed E-state index contributed by atoms with van der Waals surface area (Å²) in [5.41, 5.74) is 0. The number of rotatable bonds is 10. The first-order valence-corrected chi connectivity index (χ1v) is 8.49. The van der Waals surface area contributed by atoms with Gasteiger partial charge in [0.1, 0.15) is 0 Å². The Morgan fingerprint density at radius 3 is 0.690 bits per heavy atom. The fourth-order valence-electron chi connectivity index (χ4n) is 0.645. The van der Waals surface area contributed by atoms with Gasteiger partial charge >= 0.3 is 85.0 Å². The van der Waals surface area contributed by atoms with Gasteiger partial charge in [0.2, 0.25) is 0 Å².